The van der Waals surface area contributed by atoms with Gasteiger partial charge >= 0.3 is 0 Å². The molecule has 1 amide bonds. The van der Waals surface area contributed by atoms with Gasteiger partial charge in [0.25, 0.3) is 5.91 Å². The highest BCUT2D eigenvalue weighted by Crippen LogP contribution is 2.11. The third-order valence-electron chi connectivity index (χ3n) is 4.46. The van der Waals surface area contributed by atoms with Crippen LogP contribution in [0.1, 0.15) is 15.9 Å². The van der Waals surface area contributed by atoms with Crippen LogP contribution >= 0.6 is 0 Å². The van der Waals surface area contributed by atoms with Crippen LogP contribution in [-0.2, 0) is 6.54 Å². The number of nitrogens with zero attached hydrogens (tertiary/aromatic N) is 5. The molecule has 3 heterocycles. The van der Waals surface area contributed by atoms with Gasteiger partial charge in [-0.05, 0) is 23.8 Å². The van der Waals surface area contributed by atoms with Gasteiger partial charge in [-0.2, -0.15) is 5.10 Å². The summed E-state index contributed by atoms with van der Waals surface area (Å²) < 4.78 is 1.81. The Morgan fingerprint density at radius 3 is 2.52 bits per heavy atom. The maximum atomic E-state index is 12.4. The zero-order valence-electron chi connectivity index (χ0n) is 14.9. The predicted molar refractivity (Wildman–Crippen MR) is 102 cm³/mol. The van der Waals surface area contributed by atoms with Crippen molar-refractivity contribution < 1.29 is 4.79 Å². The Bertz CT molecular complexity index is 869. The smallest absolute Gasteiger partial charge is 0.257 e. The average molecular weight is 363 g/mol. The van der Waals surface area contributed by atoms with Crippen molar-refractivity contribution in [3.8, 4) is 5.69 Å². The second kappa shape index (κ2) is 7.96. The van der Waals surface area contributed by atoms with Gasteiger partial charge in [-0.25, -0.2) is 14.6 Å². The fourth-order valence-corrected chi connectivity index (χ4v) is 2.95. The maximum absolute atomic E-state index is 12.4. The van der Waals surface area contributed by atoms with Crippen molar-refractivity contribution >= 4 is 11.9 Å². The summed E-state index contributed by atoms with van der Waals surface area (Å²) in [6, 6.07) is 9.99. The van der Waals surface area contributed by atoms with Crippen molar-refractivity contribution in [3.63, 3.8) is 0 Å². The minimum atomic E-state index is -0.0164. The molecule has 1 fully saturated rings. The molecule has 0 unspecified atom stereocenters. The van der Waals surface area contributed by atoms with E-state index in [4.69, 9.17) is 0 Å². The quantitative estimate of drug-likeness (QED) is 0.711. The van der Waals surface area contributed by atoms with E-state index in [1.165, 1.54) is 0 Å². The van der Waals surface area contributed by atoms with Crippen molar-refractivity contribution in [2.45, 2.75) is 6.54 Å². The number of anilines is 1. The Kier molecular flexibility index (Phi) is 5.06. The molecule has 1 aliphatic rings. The molecule has 1 aromatic carbocycles. The third kappa shape index (κ3) is 4.12. The van der Waals surface area contributed by atoms with Crippen LogP contribution in [0.25, 0.3) is 5.69 Å². The number of carbonyl (C=O) groups is 1. The minimum Gasteiger partial charge on any atom is -0.350 e. The SMILES string of the molecule is O=C(c1cnc(NCc2ccc(-n3cccn3)cc2)nc1)N1CCNCC1. The van der Waals surface area contributed by atoms with E-state index in [0.717, 1.165) is 24.3 Å². The number of piperazine rings is 1. The molecule has 27 heavy (non-hydrogen) atoms. The lowest BCUT2D eigenvalue weighted by atomic mass is 10.2. The molecule has 8 heteroatoms. The summed E-state index contributed by atoms with van der Waals surface area (Å²) in [6.07, 6.45) is 6.83. The number of amides is 1. The van der Waals surface area contributed by atoms with Gasteiger partial charge in [0.2, 0.25) is 5.95 Å². The van der Waals surface area contributed by atoms with Gasteiger partial charge in [0, 0.05) is 57.5 Å². The van der Waals surface area contributed by atoms with Gasteiger partial charge in [-0.3, -0.25) is 4.79 Å². The molecule has 0 bridgehead atoms. The maximum Gasteiger partial charge on any atom is 0.257 e. The lowest BCUT2D eigenvalue weighted by molar-refractivity contribution is 0.0735. The highest BCUT2D eigenvalue weighted by molar-refractivity contribution is 5.93. The van der Waals surface area contributed by atoms with Crippen molar-refractivity contribution in [2.75, 3.05) is 31.5 Å². The molecule has 1 saturated heterocycles. The second-order valence-corrected chi connectivity index (χ2v) is 6.31. The summed E-state index contributed by atoms with van der Waals surface area (Å²) in [5.74, 6) is 0.486. The summed E-state index contributed by atoms with van der Waals surface area (Å²) in [7, 11) is 0. The Morgan fingerprint density at radius 1 is 1.11 bits per heavy atom. The molecular formula is C19H21N7O. The summed E-state index contributed by atoms with van der Waals surface area (Å²) >= 11 is 0. The van der Waals surface area contributed by atoms with Gasteiger partial charge < -0.3 is 15.5 Å². The van der Waals surface area contributed by atoms with Crippen molar-refractivity contribution in [3.05, 3.63) is 66.2 Å². The minimum absolute atomic E-state index is 0.0164. The largest absolute Gasteiger partial charge is 0.350 e. The van der Waals surface area contributed by atoms with Crippen LogP contribution in [0.5, 0.6) is 0 Å². The third-order valence-corrected chi connectivity index (χ3v) is 4.46. The topological polar surface area (TPSA) is 88.0 Å². The van der Waals surface area contributed by atoms with E-state index in [-0.39, 0.29) is 5.91 Å². The van der Waals surface area contributed by atoms with Gasteiger partial charge in [0.1, 0.15) is 0 Å². The molecule has 0 radical (unpaired) electrons. The van der Waals surface area contributed by atoms with E-state index >= 15 is 0 Å². The van der Waals surface area contributed by atoms with Gasteiger partial charge in [0.15, 0.2) is 0 Å². The van der Waals surface area contributed by atoms with Crippen LogP contribution in [0.2, 0.25) is 0 Å². The van der Waals surface area contributed by atoms with E-state index in [1.54, 1.807) is 18.6 Å². The summed E-state index contributed by atoms with van der Waals surface area (Å²) in [5.41, 5.74) is 2.64. The monoisotopic (exact) mass is 363 g/mol. The molecule has 138 valence electrons. The van der Waals surface area contributed by atoms with Crippen LogP contribution in [0.4, 0.5) is 5.95 Å². The summed E-state index contributed by atoms with van der Waals surface area (Å²) in [4.78, 5) is 22.8. The Labute approximate surface area is 157 Å². The molecule has 4 rings (SSSR count). The van der Waals surface area contributed by atoms with Crippen molar-refractivity contribution in [1.82, 2.24) is 30.0 Å². The lowest BCUT2D eigenvalue weighted by Crippen LogP contribution is -2.46. The lowest BCUT2D eigenvalue weighted by Gasteiger charge is -2.27. The number of nitrogens with one attached hydrogen (secondary N) is 2. The van der Waals surface area contributed by atoms with Gasteiger partial charge in [-0.15, -0.1) is 0 Å². The normalized spacial score (nSPS) is 14.1. The van der Waals surface area contributed by atoms with E-state index in [9.17, 15) is 4.79 Å². The molecule has 3 aromatic rings. The standard InChI is InChI=1S/C19H21N7O/c27-18(25-10-7-20-8-11-25)16-13-22-19(23-14-16)21-12-15-2-4-17(5-3-15)26-9-1-6-24-26/h1-6,9,13-14,20H,7-8,10-12H2,(H,21,22,23). The van der Waals surface area contributed by atoms with Crippen molar-refractivity contribution in [1.29, 1.82) is 0 Å². The fraction of sp³-hybridized carbons (Fsp3) is 0.263. The molecule has 0 saturated carbocycles. The number of aromatic nitrogens is 4. The van der Waals surface area contributed by atoms with E-state index in [0.29, 0.717) is 31.1 Å². The Balaban J connectivity index is 1.34. The zero-order valence-corrected chi connectivity index (χ0v) is 14.9. The van der Waals surface area contributed by atoms with E-state index in [1.807, 2.05) is 46.1 Å². The van der Waals surface area contributed by atoms with Gasteiger partial charge in [-0.1, -0.05) is 12.1 Å². The summed E-state index contributed by atoms with van der Waals surface area (Å²) in [5, 5.41) is 10.6. The fourth-order valence-electron chi connectivity index (χ4n) is 2.95. The molecule has 0 spiro atoms. The van der Waals surface area contributed by atoms with Crippen LogP contribution in [0.15, 0.2) is 55.1 Å². The van der Waals surface area contributed by atoms with Crippen molar-refractivity contribution in [2.24, 2.45) is 0 Å². The van der Waals surface area contributed by atoms with Crippen LogP contribution < -0.4 is 10.6 Å². The first kappa shape index (κ1) is 17.2. The first-order valence-electron chi connectivity index (χ1n) is 8.94. The highest BCUT2D eigenvalue weighted by atomic mass is 16.2. The Morgan fingerprint density at radius 2 is 1.85 bits per heavy atom. The predicted octanol–water partition coefficient (Wildman–Crippen LogP) is 1.32. The van der Waals surface area contributed by atoms with Crippen LogP contribution in [-0.4, -0.2) is 56.7 Å². The molecular weight excluding hydrogens is 342 g/mol. The first-order valence-corrected chi connectivity index (χ1v) is 8.94. The number of rotatable bonds is 5. The van der Waals surface area contributed by atoms with E-state index in [2.05, 4.69) is 25.7 Å². The number of hydrogen-bond donors (Lipinski definition) is 2. The zero-order chi connectivity index (χ0) is 18.5. The van der Waals surface area contributed by atoms with E-state index < -0.39 is 0 Å². The van der Waals surface area contributed by atoms with Gasteiger partial charge in [0.05, 0.1) is 11.3 Å². The molecule has 0 aliphatic carbocycles. The number of hydrogen-bond acceptors (Lipinski definition) is 6. The average Bonchev–Trinajstić information content (AvgIpc) is 3.28. The molecule has 8 nitrogen and oxygen atoms in total. The highest BCUT2D eigenvalue weighted by Gasteiger charge is 2.18. The molecule has 2 N–H and O–H groups in total. The van der Waals surface area contributed by atoms with Crippen LogP contribution in [0.3, 0.4) is 0 Å². The summed E-state index contributed by atoms with van der Waals surface area (Å²) in [6.45, 7) is 3.68. The molecule has 0 atom stereocenters. The second-order valence-electron chi connectivity index (χ2n) is 6.31. The van der Waals surface area contributed by atoms with Crippen LogP contribution in [0, 0.1) is 0 Å². The first-order chi connectivity index (χ1) is 13.3. The number of benzene rings is 1. The number of carbonyl (C=O) groups excluding carboxylic acids is 1. The molecule has 1 aliphatic heterocycles. The Hall–Kier alpha value is -3.26. The molecule has 2 aromatic heterocycles.